The third kappa shape index (κ3) is 3.09. The van der Waals surface area contributed by atoms with E-state index in [1.807, 2.05) is 6.92 Å². The number of nitrogens with zero attached hydrogens (tertiary/aromatic N) is 2. The van der Waals surface area contributed by atoms with E-state index < -0.39 is 0 Å². The Labute approximate surface area is 93.7 Å². The first-order chi connectivity index (χ1) is 7.69. The largest absolute Gasteiger partial charge is 0.486 e. The van der Waals surface area contributed by atoms with Crippen LogP contribution in [0.1, 0.15) is 12.6 Å². The summed E-state index contributed by atoms with van der Waals surface area (Å²) >= 11 is 0. The summed E-state index contributed by atoms with van der Waals surface area (Å²) in [6, 6.07) is 3.41. The van der Waals surface area contributed by atoms with Gasteiger partial charge < -0.3 is 20.4 Å². The van der Waals surface area contributed by atoms with Crippen molar-refractivity contribution >= 4 is 5.84 Å². The van der Waals surface area contributed by atoms with Crippen LogP contribution in [-0.4, -0.2) is 35.8 Å². The molecule has 88 valence electrons. The molecule has 0 aliphatic rings. The molecule has 0 radical (unpaired) electrons. The molecule has 1 unspecified atom stereocenters. The number of methoxy groups -OCH3 is 1. The summed E-state index contributed by atoms with van der Waals surface area (Å²) in [6.45, 7) is 2.30. The highest BCUT2D eigenvalue weighted by Crippen LogP contribution is 2.16. The van der Waals surface area contributed by atoms with Gasteiger partial charge >= 0.3 is 0 Å². The third-order valence-corrected chi connectivity index (χ3v) is 1.85. The number of rotatable bonds is 5. The minimum atomic E-state index is -0.139. The van der Waals surface area contributed by atoms with Crippen LogP contribution in [-0.2, 0) is 4.74 Å². The number of oxime groups is 1. The third-order valence-electron chi connectivity index (χ3n) is 1.85. The summed E-state index contributed by atoms with van der Waals surface area (Å²) in [5.74, 6) is 0.377. The molecule has 0 saturated carbocycles. The average Bonchev–Trinajstić information content (AvgIpc) is 2.29. The van der Waals surface area contributed by atoms with Crippen molar-refractivity contribution in [2.24, 2.45) is 10.9 Å². The van der Waals surface area contributed by atoms with E-state index in [1.54, 1.807) is 25.4 Å². The van der Waals surface area contributed by atoms with Crippen molar-refractivity contribution in [2.45, 2.75) is 13.0 Å². The number of amidine groups is 1. The topological polar surface area (TPSA) is 90.0 Å². The number of nitrogens with two attached hydrogens (primary N) is 1. The zero-order chi connectivity index (χ0) is 12.0. The Bertz CT molecular complexity index is 368. The molecule has 0 aliphatic carbocycles. The number of aromatic nitrogens is 1. The molecule has 0 fully saturated rings. The molecule has 6 heteroatoms. The van der Waals surface area contributed by atoms with Gasteiger partial charge in [0, 0.05) is 13.3 Å². The second kappa shape index (κ2) is 5.92. The summed E-state index contributed by atoms with van der Waals surface area (Å²) < 4.78 is 10.5. The van der Waals surface area contributed by atoms with Crippen molar-refractivity contribution in [3.05, 3.63) is 24.0 Å². The number of hydrogen-bond acceptors (Lipinski definition) is 5. The van der Waals surface area contributed by atoms with E-state index in [1.165, 1.54) is 0 Å². The fraction of sp³-hybridized carbons (Fsp3) is 0.400. The van der Waals surface area contributed by atoms with Gasteiger partial charge in [-0.05, 0) is 19.1 Å². The van der Waals surface area contributed by atoms with Crippen LogP contribution in [0.3, 0.4) is 0 Å². The van der Waals surface area contributed by atoms with E-state index in [0.29, 0.717) is 18.1 Å². The maximum atomic E-state index is 8.59. The van der Waals surface area contributed by atoms with E-state index in [4.69, 9.17) is 20.4 Å². The summed E-state index contributed by atoms with van der Waals surface area (Å²) in [4.78, 5) is 3.98. The van der Waals surface area contributed by atoms with Gasteiger partial charge in [0.05, 0.1) is 6.61 Å². The molecule has 1 atom stereocenters. The lowest BCUT2D eigenvalue weighted by molar-refractivity contribution is 0.0916. The van der Waals surface area contributed by atoms with Crippen molar-refractivity contribution in [2.75, 3.05) is 13.7 Å². The Kier molecular flexibility index (Phi) is 4.53. The fourth-order valence-electron chi connectivity index (χ4n) is 1.21. The minimum absolute atomic E-state index is 0.0831. The highest BCUT2D eigenvalue weighted by molar-refractivity contribution is 5.97. The van der Waals surface area contributed by atoms with Gasteiger partial charge in [0.15, 0.2) is 11.5 Å². The molecule has 0 spiro atoms. The zero-order valence-corrected chi connectivity index (χ0v) is 9.25. The predicted octanol–water partition coefficient (Wildman–Crippen LogP) is 0.590. The van der Waals surface area contributed by atoms with Crippen LogP contribution >= 0.6 is 0 Å². The Morgan fingerprint density at radius 1 is 1.69 bits per heavy atom. The second-order valence-electron chi connectivity index (χ2n) is 3.22. The Morgan fingerprint density at radius 3 is 3.06 bits per heavy atom. The zero-order valence-electron chi connectivity index (χ0n) is 9.25. The maximum Gasteiger partial charge on any atom is 0.192 e. The Balaban J connectivity index is 2.87. The normalized spacial score (nSPS) is 13.5. The van der Waals surface area contributed by atoms with E-state index in [9.17, 15) is 0 Å². The Morgan fingerprint density at radius 2 is 2.44 bits per heavy atom. The molecule has 0 saturated heterocycles. The smallest absolute Gasteiger partial charge is 0.192 e. The fourth-order valence-corrected chi connectivity index (χ4v) is 1.21. The lowest BCUT2D eigenvalue weighted by atomic mass is 10.3. The lowest BCUT2D eigenvalue weighted by Crippen LogP contribution is -2.22. The monoisotopic (exact) mass is 225 g/mol. The molecule has 0 aliphatic heterocycles. The van der Waals surface area contributed by atoms with Crippen molar-refractivity contribution in [1.82, 2.24) is 4.98 Å². The molecule has 1 aromatic heterocycles. The van der Waals surface area contributed by atoms with Gasteiger partial charge in [-0.1, -0.05) is 5.16 Å². The Hall–Kier alpha value is -1.82. The first kappa shape index (κ1) is 12.3. The number of pyridine rings is 1. The first-order valence-corrected chi connectivity index (χ1v) is 4.77. The molecule has 3 N–H and O–H groups in total. The quantitative estimate of drug-likeness (QED) is 0.331. The van der Waals surface area contributed by atoms with Gasteiger partial charge in [-0.25, -0.2) is 4.98 Å². The molecular weight excluding hydrogens is 210 g/mol. The van der Waals surface area contributed by atoms with Crippen molar-refractivity contribution in [3.8, 4) is 5.75 Å². The summed E-state index contributed by atoms with van der Waals surface area (Å²) in [6.07, 6.45) is 1.40. The van der Waals surface area contributed by atoms with Crippen molar-refractivity contribution in [3.63, 3.8) is 0 Å². The summed E-state index contributed by atoms with van der Waals surface area (Å²) in [5, 5.41) is 11.5. The van der Waals surface area contributed by atoms with Crippen molar-refractivity contribution in [1.29, 1.82) is 0 Å². The van der Waals surface area contributed by atoms with E-state index in [0.717, 1.165) is 0 Å². The molecule has 1 aromatic rings. The first-order valence-electron chi connectivity index (χ1n) is 4.77. The molecule has 1 heterocycles. The van der Waals surface area contributed by atoms with Crippen LogP contribution in [0.4, 0.5) is 0 Å². The molecular formula is C10H15N3O3. The van der Waals surface area contributed by atoms with Crippen LogP contribution in [0.25, 0.3) is 0 Å². The number of ether oxygens (including phenoxy) is 2. The van der Waals surface area contributed by atoms with Crippen molar-refractivity contribution < 1.29 is 14.7 Å². The van der Waals surface area contributed by atoms with Crippen LogP contribution in [0.2, 0.25) is 0 Å². The van der Waals surface area contributed by atoms with Crippen LogP contribution in [0.5, 0.6) is 5.75 Å². The van der Waals surface area contributed by atoms with E-state index in [-0.39, 0.29) is 11.9 Å². The highest BCUT2D eigenvalue weighted by atomic mass is 16.5. The van der Waals surface area contributed by atoms with Gasteiger partial charge in [0.25, 0.3) is 0 Å². The lowest BCUT2D eigenvalue weighted by Gasteiger charge is -2.15. The predicted molar refractivity (Wildman–Crippen MR) is 58.7 cm³/mol. The van der Waals surface area contributed by atoms with Crippen LogP contribution < -0.4 is 10.5 Å². The molecule has 0 amide bonds. The summed E-state index contributed by atoms with van der Waals surface area (Å²) in [7, 11) is 1.59. The van der Waals surface area contributed by atoms with Gasteiger partial charge in [-0.3, -0.25) is 0 Å². The van der Waals surface area contributed by atoms with Gasteiger partial charge in [-0.15, -0.1) is 0 Å². The van der Waals surface area contributed by atoms with E-state index >= 15 is 0 Å². The molecule has 6 nitrogen and oxygen atoms in total. The molecule has 0 bridgehead atoms. The molecule has 0 aromatic carbocycles. The number of hydrogen-bond donors (Lipinski definition) is 2. The SMILES string of the molecule is COCC(C)Oc1cccnc1/C(N)=N/O. The van der Waals surface area contributed by atoms with Gasteiger partial charge in [-0.2, -0.15) is 0 Å². The highest BCUT2D eigenvalue weighted by Gasteiger charge is 2.12. The standard InChI is InChI=1S/C10H15N3O3/c1-7(6-15-2)16-8-4-3-5-12-9(8)10(11)13-14/h3-5,7,14H,6H2,1-2H3,(H2,11,13). The van der Waals surface area contributed by atoms with Crippen LogP contribution in [0.15, 0.2) is 23.5 Å². The summed E-state index contributed by atoms with van der Waals surface area (Å²) in [5.41, 5.74) is 5.78. The molecule has 1 rings (SSSR count). The van der Waals surface area contributed by atoms with Crippen LogP contribution in [0, 0.1) is 0 Å². The second-order valence-corrected chi connectivity index (χ2v) is 3.22. The van der Waals surface area contributed by atoms with Gasteiger partial charge in [0.1, 0.15) is 11.9 Å². The molecule has 16 heavy (non-hydrogen) atoms. The maximum absolute atomic E-state index is 8.59. The van der Waals surface area contributed by atoms with Gasteiger partial charge in [0.2, 0.25) is 0 Å². The minimum Gasteiger partial charge on any atom is -0.486 e. The van der Waals surface area contributed by atoms with E-state index in [2.05, 4.69) is 10.1 Å². The average molecular weight is 225 g/mol.